The Morgan fingerprint density at radius 1 is 1.60 bits per heavy atom. The third kappa shape index (κ3) is 2.29. The Balaban J connectivity index is 2.08. The SMILES string of the molecule is NC(=O)OCc1nnc(-c2cncs2)o1. The van der Waals surface area contributed by atoms with E-state index in [1.165, 1.54) is 11.3 Å². The van der Waals surface area contributed by atoms with Crippen molar-refractivity contribution in [3.05, 3.63) is 17.6 Å². The Morgan fingerprint density at radius 2 is 2.47 bits per heavy atom. The fourth-order valence-corrected chi connectivity index (χ4v) is 1.41. The van der Waals surface area contributed by atoms with Crippen molar-refractivity contribution in [2.24, 2.45) is 5.73 Å². The molecule has 2 heterocycles. The summed E-state index contributed by atoms with van der Waals surface area (Å²) >= 11 is 1.37. The molecule has 0 bridgehead atoms. The molecule has 0 saturated carbocycles. The molecule has 0 aliphatic carbocycles. The fourth-order valence-electron chi connectivity index (χ4n) is 0.866. The maximum absolute atomic E-state index is 10.3. The highest BCUT2D eigenvalue weighted by molar-refractivity contribution is 7.13. The van der Waals surface area contributed by atoms with Crippen LogP contribution in [0, 0.1) is 0 Å². The zero-order chi connectivity index (χ0) is 10.7. The highest BCUT2D eigenvalue weighted by atomic mass is 32.1. The molecule has 0 fully saturated rings. The van der Waals surface area contributed by atoms with Gasteiger partial charge in [-0.1, -0.05) is 0 Å². The molecule has 7 nitrogen and oxygen atoms in total. The van der Waals surface area contributed by atoms with Crippen LogP contribution in [0.2, 0.25) is 0 Å². The maximum Gasteiger partial charge on any atom is 0.405 e. The number of hydrogen-bond acceptors (Lipinski definition) is 7. The van der Waals surface area contributed by atoms with Gasteiger partial charge in [0.2, 0.25) is 0 Å². The second kappa shape index (κ2) is 4.05. The number of rotatable bonds is 3. The smallest absolute Gasteiger partial charge is 0.405 e. The largest absolute Gasteiger partial charge is 0.440 e. The Hall–Kier alpha value is -1.96. The zero-order valence-electron chi connectivity index (χ0n) is 7.41. The van der Waals surface area contributed by atoms with E-state index in [2.05, 4.69) is 19.9 Å². The first-order chi connectivity index (χ1) is 7.25. The number of amides is 1. The van der Waals surface area contributed by atoms with Crippen molar-refractivity contribution >= 4 is 17.4 Å². The van der Waals surface area contributed by atoms with E-state index in [-0.39, 0.29) is 12.5 Å². The van der Waals surface area contributed by atoms with E-state index in [9.17, 15) is 4.79 Å². The molecule has 0 aliphatic heterocycles. The molecule has 0 unspecified atom stereocenters. The molecule has 0 atom stereocenters. The second-order valence-electron chi connectivity index (χ2n) is 2.47. The molecular formula is C7H6N4O3S. The lowest BCUT2D eigenvalue weighted by Crippen LogP contribution is -2.12. The average molecular weight is 226 g/mol. The first kappa shape index (κ1) is 9.59. The van der Waals surface area contributed by atoms with E-state index in [1.54, 1.807) is 11.7 Å². The normalized spacial score (nSPS) is 10.1. The first-order valence-electron chi connectivity index (χ1n) is 3.89. The van der Waals surface area contributed by atoms with Gasteiger partial charge in [-0.15, -0.1) is 21.5 Å². The van der Waals surface area contributed by atoms with Gasteiger partial charge in [0.05, 0.1) is 11.7 Å². The topological polar surface area (TPSA) is 104 Å². The van der Waals surface area contributed by atoms with Crippen LogP contribution in [-0.4, -0.2) is 21.3 Å². The van der Waals surface area contributed by atoms with Gasteiger partial charge in [0, 0.05) is 0 Å². The molecule has 0 radical (unpaired) electrons. The number of hydrogen-bond donors (Lipinski definition) is 1. The molecule has 2 aromatic heterocycles. The van der Waals surface area contributed by atoms with Gasteiger partial charge in [-0.2, -0.15) is 0 Å². The number of ether oxygens (including phenoxy) is 1. The highest BCUT2D eigenvalue weighted by Crippen LogP contribution is 2.21. The van der Waals surface area contributed by atoms with Crippen LogP contribution < -0.4 is 5.73 Å². The van der Waals surface area contributed by atoms with Crippen molar-refractivity contribution < 1.29 is 13.9 Å². The molecule has 0 aromatic carbocycles. The lowest BCUT2D eigenvalue weighted by Gasteiger charge is -1.93. The standard InChI is InChI=1S/C7H6N4O3S/c8-7(12)13-2-5-10-11-6(14-5)4-1-9-3-15-4/h1,3H,2H2,(H2,8,12). The van der Waals surface area contributed by atoms with Crippen LogP contribution in [0.3, 0.4) is 0 Å². The van der Waals surface area contributed by atoms with Crippen LogP contribution in [-0.2, 0) is 11.3 Å². The van der Waals surface area contributed by atoms with Gasteiger partial charge in [0.25, 0.3) is 11.8 Å². The summed E-state index contributed by atoms with van der Waals surface area (Å²) in [5, 5.41) is 7.43. The van der Waals surface area contributed by atoms with Crippen LogP contribution in [0.15, 0.2) is 16.1 Å². The molecule has 0 aliphatic rings. The van der Waals surface area contributed by atoms with Gasteiger partial charge in [-0.05, 0) is 0 Å². The number of thiazole rings is 1. The Kier molecular flexibility index (Phi) is 2.59. The Labute approximate surface area is 87.9 Å². The number of nitrogens with zero attached hydrogens (tertiary/aromatic N) is 3. The predicted molar refractivity (Wildman–Crippen MR) is 49.8 cm³/mol. The van der Waals surface area contributed by atoms with Crippen LogP contribution in [0.1, 0.15) is 5.89 Å². The maximum atomic E-state index is 10.3. The van der Waals surface area contributed by atoms with Gasteiger partial charge < -0.3 is 14.9 Å². The molecule has 2 rings (SSSR count). The van der Waals surface area contributed by atoms with Crippen molar-refractivity contribution in [2.45, 2.75) is 6.61 Å². The Morgan fingerprint density at radius 3 is 3.13 bits per heavy atom. The molecule has 0 saturated heterocycles. The van der Waals surface area contributed by atoms with E-state index in [0.29, 0.717) is 5.89 Å². The molecule has 15 heavy (non-hydrogen) atoms. The molecule has 8 heteroatoms. The second-order valence-corrected chi connectivity index (χ2v) is 3.36. The number of primary amides is 1. The minimum atomic E-state index is -0.882. The van der Waals surface area contributed by atoms with Gasteiger partial charge in [-0.25, -0.2) is 4.79 Å². The summed E-state index contributed by atoms with van der Waals surface area (Å²) in [6.07, 6.45) is 0.726. The average Bonchev–Trinajstić information content (AvgIpc) is 2.85. The van der Waals surface area contributed by atoms with E-state index in [0.717, 1.165) is 4.88 Å². The van der Waals surface area contributed by atoms with Crippen LogP contribution >= 0.6 is 11.3 Å². The lowest BCUT2D eigenvalue weighted by molar-refractivity contribution is 0.139. The van der Waals surface area contributed by atoms with E-state index < -0.39 is 6.09 Å². The van der Waals surface area contributed by atoms with Crippen molar-refractivity contribution in [3.8, 4) is 10.8 Å². The molecule has 2 N–H and O–H groups in total. The zero-order valence-corrected chi connectivity index (χ0v) is 8.23. The van der Waals surface area contributed by atoms with Crippen molar-refractivity contribution in [3.63, 3.8) is 0 Å². The minimum Gasteiger partial charge on any atom is -0.440 e. The molecular weight excluding hydrogens is 220 g/mol. The predicted octanol–water partition coefficient (Wildman–Crippen LogP) is 0.788. The van der Waals surface area contributed by atoms with Gasteiger partial charge in [0.1, 0.15) is 4.88 Å². The third-order valence-electron chi connectivity index (χ3n) is 1.45. The highest BCUT2D eigenvalue weighted by Gasteiger charge is 2.10. The van der Waals surface area contributed by atoms with Crippen molar-refractivity contribution in [1.29, 1.82) is 0 Å². The summed E-state index contributed by atoms with van der Waals surface area (Å²) in [6, 6.07) is 0. The molecule has 2 aromatic rings. The lowest BCUT2D eigenvalue weighted by atomic mass is 10.6. The number of carbonyl (C=O) groups excluding carboxylic acids is 1. The van der Waals surface area contributed by atoms with Crippen molar-refractivity contribution in [2.75, 3.05) is 0 Å². The summed E-state index contributed by atoms with van der Waals surface area (Å²) in [5.74, 6) is 0.540. The molecule has 1 amide bonds. The number of nitrogens with two attached hydrogens (primary N) is 1. The van der Waals surface area contributed by atoms with Crippen LogP contribution in [0.4, 0.5) is 4.79 Å². The van der Waals surface area contributed by atoms with Gasteiger partial charge >= 0.3 is 6.09 Å². The van der Waals surface area contributed by atoms with Crippen molar-refractivity contribution in [1.82, 2.24) is 15.2 Å². The number of carbonyl (C=O) groups is 1. The molecule has 0 spiro atoms. The van der Waals surface area contributed by atoms with Gasteiger partial charge in [0.15, 0.2) is 6.61 Å². The van der Waals surface area contributed by atoms with Gasteiger partial charge in [-0.3, -0.25) is 4.98 Å². The van der Waals surface area contributed by atoms with E-state index in [1.807, 2.05) is 0 Å². The number of aromatic nitrogens is 3. The van der Waals surface area contributed by atoms with E-state index >= 15 is 0 Å². The van der Waals surface area contributed by atoms with Crippen LogP contribution in [0.5, 0.6) is 0 Å². The monoisotopic (exact) mass is 226 g/mol. The Bertz CT molecular complexity index is 453. The van der Waals surface area contributed by atoms with E-state index in [4.69, 9.17) is 10.2 Å². The summed E-state index contributed by atoms with van der Waals surface area (Å²) in [4.78, 5) is 14.9. The molecule has 78 valence electrons. The third-order valence-corrected chi connectivity index (χ3v) is 2.21. The summed E-state index contributed by atoms with van der Waals surface area (Å²) in [6.45, 7) is -0.124. The summed E-state index contributed by atoms with van der Waals surface area (Å²) in [7, 11) is 0. The summed E-state index contributed by atoms with van der Waals surface area (Å²) in [5.41, 5.74) is 6.43. The fraction of sp³-hybridized carbons (Fsp3) is 0.143. The summed E-state index contributed by atoms with van der Waals surface area (Å²) < 4.78 is 9.68. The minimum absolute atomic E-state index is 0.124. The first-order valence-corrected chi connectivity index (χ1v) is 4.77. The quantitative estimate of drug-likeness (QED) is 0.829. The van der Waals surface area contributed by atoms with Crippen LogP contribution in [0.25, 0.3) is 10.8 Å².